The lowest BCUT2D eigenvalue weighted by atomic mass is 9.72. The van der Waals surface area contributed by atoms with Crippen LogP contribution in [0.2, 0.25) is 0 Å². The fraction of sp³-hybridized carbons (Fsp3) is 0.529. The normalized spacial score (nSPS) is 23.0. The standard InChI is InChI=1S/C13H14N2O2S.C4H8/c1-3-5-13(2)6-4-7-8(11(14)17)12(15)18-9(7)10(13)16;1-4-2-3-4/h1H,4-6,15H2,2H3,(H2,14,17);4H,2-3H2,1H3/t13-;/m0./s1. The highest BCUT2D eigenvalue weighted by Crippen LogP contribution is 2.44. The van der Waals surface area contributed by atoms with Gasteiger partial charge in [0.1, 0.15) is 0 Å². The molecule has 0 unspecified atom stereocenters. The molecule has 0 aliphatic heterocycles. The summed E-state index contributed by atoms with van der Waals surface area (Å²) in [5, 5.41) is 0.325. The van der Waals surface area contributed by atoms with E-state index in [0.29, 0.717) is 40.3 Å². The number of amides is 1. The average Bonchev–Trinajstić information content (AvgIpc) is 3.13. The molecule has 1 aromatic heterocycles. The van der Waals surface area contributed by atoms with Crippen molar-refractivity contribution in [3.05, 3.63) is 16.0 Å². The maximum Gasteiger partial charge on any atom is 0.251 e. The van der Waals surface area contributed by atoms with Crippen LogP contribution in [0, 0.1) is 23.7 Å². The molecule has 1 fully saturated rings. The van der Waals surface area contributed by atoms with E-state index in [0.717, 1.165) is 17.3 Å². The molecule has 5 heteroatoms. The number of ketones is 1. The number of anilines is 1. The second-order valence-corrected chi connectivity index (χ2v) is 7.52. The Morgan fingerprint density at radius 2 is 2.09 bits per heavy atom. The zero-order valence-electron chi connectivity index (χ0n) is 13.1. The van der Waals surface area contributed by atoms with Gasteiger partial charge in [0.05, 0.1) is 15.4 Å². The minimum atomic E-state index is -0.571. The van der Waals surface area contributed by atoms with Crippen molar-refractivity contribution in [1.29, 1.82) is 0 Å². The maximum absolute atomic E-state index is 12.4. The molecule has 1 aromatic rings. The summed E-state index contributed by atoms with van der Waals surface area (Å²) in [5.74, 6) is 3.03. The average molecular weight is 318 g/mol. The van der Waals surface area contributed by atoms with E-state index in [-0.39, 0.29) is 5.78 Å². The number of carbonyl (C=O) groups excluding carboxylic acids is 2. The molecule has 1 saturated carbocycles. The van der Waals surface area contributed by atoms with Gasteiger partial charge in [0.15, 0.2) is 5.78 Å². The molecular formula is C17H22N2O2S. The van der Waals surface area contributed by atoms with E-state index in [1.165, 1.54) is 12.8 Å². The molecule has 1 amide bonds. The zero-order valence-corrected chi connectivity index (χ0v) is 13.9. The van der Waals surface area contributed by atoms with E-state index in [1.807, 2.05) is 6.92 Å². The number of hydrogen-bond acceptors (Lipinski definition) is 4. The van der Waals surface area contributed by atoms with Gasteiger partial charge in [0, 0.05) is 11.8 Å². The first-order valence-electron chi connectivity index (χ1n) is 7.49. The van der Waals surface area contributed by atoms with Crippen LogP contribution in [0.25, 0.3) is 0 Å². The summed E-state index contributed by atoms with van der Waals surface area (Å²) < 4.78 is 0. The molecular weight excluding hydrogens is 296 g/mol. The molecule has 0 aromatic carbocycles. The first-order chi connectivity index (χ1) is 10.3. The van der Waals surface area contributed by atoms with Crippen molar-refractivity contribution in [2.75, 3.05) is 5.73 Å². The van der Waals surface area contributed by atoms with E-state index >= 15 is 0 Å². The number of carbonyl (C=O) groups is 2. The molecule has 0 saturated heterocycles. The van der Waals surface area contributed by atoms with E-state index in [4.69, 9.17) is 17.9 Å². The van der Waals surface area contributed by atoms with Gasteiger partial charge in [-0.1, -0.05) is 26.7 Å². The van der Waals surface area contributed by atoms with Crippen LogP contribution < -0.4 is 11.5 Å². The lowest BCUT2D eigenvalue weighted by molar-refractivity contribution is 0.0797. The van der Waals surface area contributed by atoms with Gasteiger partial charge in [-0.15, -0.1) is 23.7 Å². The predicted molar refractivity (Wildman–Crippen MR) is 89.9 cm³/mol. The number of rotatable bonds is 2. The predicted octanol–water partition coefficient (Wildman–Crippen LogP) is 3.00. The zero-order chi connectivity index (χ0) is 16.5. The highest BCUT2D eigenvalue weighted by atomic mass is 32.1. The molecule has 4 N–H and O–H groups in total. The van der Waals surface area contributed by atoms with Gasteiger partial charge in [-0.2, -0.15) is 0 Å². The smallest absolute Gasteiger partial charge is 0.251 e. The summed E-state index contributed by atoms with van der Waals surface area (Å²) in [6.07, 6.45) is 9.92. The monoisotopic (exact) mass is 318 g/mol. The van der Waals surface area contributed by atoms with Crippen LogP contribution in [0.4, 0.5) is 5.00 Å². The number of nitrogen functional groups attached to an aromatic ring is 1. The van der Waals surface area contributed by atoms with Crippen molar-refractivity contribution in [3.8, 4) is 12.3 Å². The molecule has 22 heavy (non-hydrogen) atoms. The van der Waals surface area contributed by atoms with Crippen LogP contribution >= 0.6 is 11.3 Å². The number of fused-ring (bicyclic) bond motifs is 1. The number of nitrogens with two attached hydrogens (primary N) is 2. The summed E-state index contributed by atoms with van der Waals surface area (Å²) in [6, 6.07) is 0. The number of Topliss-reactive ketones (excluding diaryl/α,β-unsaturated/α-hetero) is 1. The molecule has 0 radical (unpaired) electrons. The van der Waals surface area contributed by atoms with Gasteiger partial charge >= 0.3 is 0 Å². The van der Waals surface area contributed by atoms with Gasteiger partial charge in [0.2, 0.25) is 0 Å². The Labute approximate surface area is 135 Å². The first-order valence-corrected chi connectivity index (χ1v) is 8.31. The Balaban J connectivity index is 0.000000381. The third-order valence-electron chi connectivity index (χ3n) is 4.32. The largest absolute Gasteiger partial charge is 0.390 e. The molecule has 118 valence electrons. The van der Waals surface area contributed by atoms with Gasteiger partial charge in [-0.05, 0) is 24.3 Å². The summed E-state index contributed by atoms with van der Waals surface area (Å²) in [7, 11) is 0. The topological polar surface area (TPSA) is 86.2 Å². The highest BCUT2D eigenvalue weighted by Gasteiger charge is 2.41. The van der Waals surface area contributed by atoms with Crippen molar-refractivity contribution in [2.45, 2.75) is 46.0 Å². The summed E-state index contributed by atoms with van der Waals surface area (Å²) in [6.45, 7) is 4.14. The van der Waals surface area contributed by atoms with Crippen molar-refractivity contribution >= 4 is 28.0 Å². The molecule has 0 spiro atoms. The molecule has 3 rings (SSSR count). The van der Waals surface area contributed by atoms with Gasteiger partial charge < -0.3 is 11.5 Å². The Hall–Kier alpha value is -1.80. The SMILES string of the molecule is C#CC[C@@]1(C)CCc2c(sc(N)c2C(N)=O)C1=O.CC1CC1. The first kappa shape index (κ1) is 16.6. The lowest BCUT2D eigenvalue weighted by Gasteiger charge is -2.30. The summed E-state index contributed by atoms with van der Waals surface area (Å²) >= 11 is 1.14. The highest BCUT2D eigenvalue weighted by molar-refractivity contribution is 7.18. The fourth-order valence-corrected chi connectivity index (χ4v) is 3.74. The van der Waals surface area contributed by atoms with Crippen molar-refractivity contribution in [2.24, 2.45) is 17.1 Å². The number of primary amides is 1. The van der Waals surface area contributed by atoms with E-state index in [2.05, 4.69) is 12.8 Å². The number of terminal acetylenes is 1. The Morgan fingerprint density at radius 1 is 1.50 bits per heavy atom. The van der Waals surface area contributed by atoms with Crippen LogP contribution in [-0.2, 0) is 6.42 Å². The molecule has 1 atom stereocenters. The number of thiophene rings is 1. The second-order valence-electron chi connectivity index (χ2n) is 6.47. The quantitative estimate of drug-likeness (QED) is 0.822. The summed E-state index contributed by atoms with van der Waals surface area (Å²) in [4.78, 5) is 24.3. The Bertz CT molecular complexity index is 652. The number of hydrogen-bond donors (Lipinski definition) is 2. The van der Waals surface area contributed by atoms with Crippen LogP contribution in [0.3, 0.4) is 0 Å². The van der Waals surface area contributed by atoms with Crippen LogP contribution in [0.5, 0.6) is 0 Å². The molecule has 2 aliphatic rings. The third-order valence-corrected chi connectivity index (χ3v) is 5.38. The van der Waals surface area contributed by atoms with E-state index in [9.17, 15) is 9.59 Å². The molecule has 4 nitrogen and oxygen atoms in total. The Morgan fingerprint density at radius 3 is 2.55 bits per heavy atom. The second kappa shape index (κ2) is 6.13. The molecule has 0 bridgehead atoms. The maximum atomic E-state index is 12.4. The third kappa shape index (κ3) is 3.17. The van der Waals surface area contributed by atoms with Crippen LogP contribution in [0.15, 0.2) is 0 Å². The van der Waals surface area contributed by atoms with Gasteiger partial charge in [-0.3, -0.25) is 9.59 Å². The molecule has 2 aliphatic carbocycles. The summed E-state index contributed by atoms with van der Waals surface area (Å²) in [5.41, 5.74) is 11.5. The van der Waals surface area contributed by atoms with Crippen molar-refractivity contribution < 1.29 is 9.59 Å². The Kier molecular flexibility index (Phi) is 4.62. The van der Waals surface area contributed by atoms with Gasteiger partial charge in [0.25, 0.3) is 5.91 Å². The van der Waals surface area contributed by atoms with E-state index in [1.54, 1.807) is 0 Å². The molecule has 1 heterocycles. The van der Waals surface area contributed by atoms with Crippen LogP contribution in [-0.4, -0.2) is 11.7 Å². The van der Waals surface area contributed by atoms with Crippen molar-refractivity contribution in [1.82, 2.24) is 0 Å². The fourth-order valence-electron chi connectivity index (χ4n) is 2.53. The minimum absolute atomic E-state index is 0.0223. The van der Waals surface area contributed by atoms with Crippen LogP contribution in [0.1, 0.15) is 65.1 Å². The van der Waals surface area contributed by atoms with Gasteiger partial charge in [-0.25, -0.2) is 0 Å². The van der Waals surface area contributed by atoms with Crippen molar-refractivity contribution in [3.63, 3.8) is 0 Å². The van der Waals surface area contributed by atoms with E-state index < -0.39 is 11.3 Å². The lowest BCUT2D eigenvalue weighted by Crippen LogP contribution is -2.32. The minimum Gasteiger partial charge on any atom is -0.390 e.